The van der Waals surface area contributed by atoms with E-state index in [2.05, 4.69) is 10.3 Å². The third-order valence-corrected chi connectivity index (χ3v) is 3.60. The van der Waals surface area contributed by atoms with E-state index in [1.807, 2.05) is 34.6 Å². The van der Waals surface area contributed by atoms with Crippen LogP contribution in [0.4, 0.5) is 4.79 Å². The van der Waals surface area contributed by atoms with Crippen LogP contribution in [0.15, 0.2) is 4.99 Å². The number of rotatable bonds is 4. The number of hydrogen-bond acceptors (Lipinski definition) is 5. The molecule has 1 aliphatic heterocycles. The summed E-state index contributed by atoms with van der Waals surface area (Å²) in [5.74, 6) is 0.729. The number of carbonyl (C=O) groups excluding carboxylic acids is 1. The summed E-state index contributed by atoms with van der Waals surface area (Å²) in [6, 6.07) is 0. The standard InChI is InChI=1S/C15H29N3O3/c1-6-15(20,7-2)11-17-12-10-18(9-8-16-12)13(19)21-14(3,4)5/h20H,6-11H2,1-5H3,(H,16,17). The van der Waals surface area contributed by atoms with E-state index < -0.39 is 11.2 Å². The van der Waals surface area contributed by atoms with Crippen molar-refractivity contribution >= 4 is 11.9 Å². The molecule has 0 aliphatic carbocycles. The molecule has 0 fully saturated rings. The maximum atomic E-state index is 12.0. The molecule has 0 aromatic rings. The summed E-state index contributed by atoms with van der Waals surface area (Å²) in [5, 5.41) is 13.4. The van der Waals surface area contributed by atoms with E-state index >= 15 is 0 Å². The van der Waals surface area contributed by atoms with Gasteiger partial charge in [0.25, 0.3) is 0 Å². The van der Waals surface area contributed by atoms with Crippen LogP contribution in [0.2, 0.25) is 0 Å². The molecule has 0 spiro atoms. The molecule has 21 heavy (non-hydrogen) atoms. The summed E-state index contributed by atoms with van der Waals surface area (Å²) in [6.45, 7) is 11.4. The van der Waals surface area contributed by atoms with Crippen molar-refractivity contribution in [1.82, 2.24) is 10.2 Å². The summed E-state index contributed by atoms with van der Waals surface area (Å²) in [4.78, 5) is 18.1. The molecule has 0 unspecified atom stereocenters. The highest BCUT2D eigenvalue weighted by Crippen LogP contribution is 2.14. The van der Waals surface area contributed by atoms with Crippen molar-refractivity contribution in [2.75, 3.05) is 26.2 Å². The maximum Gasteiger partial charge on any atom is 0.410 e. The summed E-state index contributed by atoms with van der Waals surface area (Å²) >= 11 is 0. The molecular weight excluding hydrogens is 270 g/mol. The summed E-state index contributed by atoms with van der Waals surface area (Å²) in [7, 11) is 0. The first-order chi connectivity index (χ1) is 9.69. The number of nitrogens with zero attached hydrogens (tertiary/aromatic N) is 2. The molecule has 0 bridgehead atoms. The van der Waals surface area contributed by atoms with Crippen LogP contribution >= 0.6 is 0 Å². The third kappa shape index (κ3) is 5.91. The van der Waals surface area contributed by atoms with E-state index in [1.54, 1.807) is 4.90 Å². The van der Waals surface area contributed by atoms with Gasteiger partial charge < -0.3 is 15.2 Å². The summed E-state index contributed by atoms with van der Waals surface area (Å²) in [5.41, 5.74) is -1.22. The number of nitrogens with one attached hydrogen (secondary N) is 1. The van der Waals surface area contributed by atoms with Crippen LogP contribution in [0.3, 0.4) is 0 Å². The highest BCUT2D eigenvalue weighted by Gasteiger charge is 2.27. The lowest BCUT2D eigenvalue weighted by atomic mass is 9.97. The highest BCUT2D eigenvalue weighted by molar-refractivity contribution is 5.87. The average molecular weight is 299 g/mol. The van der Waals surface area contributed by atoms with E-state index in [9.17, 15) is 9.90 Å². The Hall–Kier alpha value is -1.30. The van der Waals surface area contributed by atoms with E-state index in [0.29, 0.717) is 39.0 Å². The van der Waals surface area contributed by atoms with Crippen molar-refractivity contribution in [3.05, 3.63) is 0 Å². The van der Waals surface area contributed by atoms with Crippen LogP contribution in [-0.4, -0.2) is 59.3 Å². The van der Waals surface area contributed by atoms with Gasteiger partial charge in [-0.2, -0.15) is 0 Å². The molecule has 6 nitrogen and oxygen atoms in total. The first kappa shape index (κ1) is 17.8. The van der Waals surface area contributed by atoms with Crippen molar-refractivity contribution in [2.45, 2.75) is 58.7 Å². The van der Waals surface area contributed by atoms with Crippen molar-refractivity contribution in [1.29, 1.82) is 0 Å². The number of aliphatic hydroxyl groups is 1. The Morgan fingerprint density at radius 3 is 2.52 bits per heavy atom. The fraction of sp³-hybridized carbons (Fsp3) is 0.867. The van der Waals surface area contributed by atoms with Gasteiger partial charge in [-0.15, -0.1) is 0 Å². The number of hydrogen-bond donors (Lipinski definition) is 2. The molecule has 1 aliphatic rings. The van der Waals surface area contributed by atoms with E-state index in [4.69, 9.17) is 4.74 Å². The molecule has 0 saturated carbocycles. The quantitative estimate of drug-likeness (QED) is 0.830. The molecular formula is C15H29N3O3. The minimum atomic E-state index is -0.725. The Bertz CT molecular complexity index is 384. The molecule has 1 rings (SSSR count). The monoisotopic (exact) mass is 299 g/mol. The van der Waals surface area contributed by atoms with Gasteiger partial charge in [0.2, 0.25) is 0 Å². The maximum absolute atomic E-state index is 12.0. The van der Waals surface area contributed by atoms with Gasteiger partial charge in [-0.05, 0) is 33.6 Å². The predicted molar refractivity (Wildman–Crippen MR) is 83.6 cm³/mol. The molecule has 2 N–H and O–H groups in total. The molecule has 0 aromatic heterocycles. The van der Waals surface area contributed by atoms with E-state index in [0.717, 1.165) is 5.84 Å². The SMILES string of the molecule is CCC(O)(CC)CNC1=NCCN(C(=O)OC(C)(C)C)C1. The average Bonchev–Trinajstić information content (AvgIpc) is 2.43. The minimum Gasteiger partial charge on any atom is -0.444 e. The molecule has 1 amide bonds. The second kappa shape index (κ2) is 7.11. The molecule has 0 aromatic carbocycles. The Labute approximate surface area is 127 Å². The van der Waals surface area contributed by atoms with Crippen molar-refractivity contribution < 1.29 is 14.6 Å². The van der Waals surface area contributed by atoms with Crippen LogP contribution in [0.25, 0.3) is 0 Å². The fourth-order valence-corrected chi connectivity index (χ4v) is 1.98. The Morgan fingerprint density at radius 1 is 1.38 bits per heavy atom. The number of carbonyl (C=O) groups is 1. The number of ether oxygens (including phenoxy) is 1. The Balaban J connectivity index is 2.52. The van der Waals surface area contributed by atoms with Crippen molar-refractivity contribution in [2.24, 2.45) is 4.99 Å². The lowest BCUT2D eigenvalue weighted by Crippen LogP contribution is -2.50. The van der Waals surface area contributed by atoms with Crippen LogP contribution in [0.5, 0.6) is 0 Å². The van der Waals surface area contributed by atoms with Gasteiger partial charge in [-0.1, -0.05) is 13.8 Å². The number of aliphatic imine (C=N–C) groups is 1. The predicted octanol–water partition coefficient (Wildman–Crippen LogP) is 1.78. The lowest BCUT2D eigenvalue weighted by molar-refractivity contribution is 0.0270. The van der Waals surface area contributed by atoms with Gasteiger partial charge >= 0.3 is 6.09 Å². The van der Waals surface area contributed by atoms with Crippen LogP contribution in [-0.2, 0) is 4.74 Å². The fourth-order valence-electron chi connectivity index (χ4n) is 1.98. The normalized spacial score (nSPS) is 16.5. The molecule has 0 saturated heterocycles. The summed E-state index contributed by atoms with van der Waals surface area (Å²) < 4.78 is 5.37. The van der Waals surface area contributed by atoms with E-state index in [-0.39, 0.29) is 6.09 Å². The zero-order chi connectivity index (χ0) is 16.1. The molecule has 122 valence electrons. The van der Waals surface area contributed by atoms with Gasteiger partial charge in [0.05, 0.1) is 18.7 Å². The second-order valence-corrected chi connectivity index (χ2v) is 6.52. The minimum absolute atomic E-state index is 0.321. The largest absolute Gasteiger partial charge is 0.444 e. The van der Waals surface area contributed by atoms with Gasteiger partial charge in [0.1, 0.15) is 11.4 Å². The van der Waals surface area contributed by atoms with Crippen molar-refractivity contribution in [3.63, 3.8) is 0 Å². The summed E-state index contributed by atoms with van der Waals surface area (Å²) in [6.07, 6.45) is 1.04. The highest BCUT2D eigenvalue weighted by atomic mass is 16.6. The molecule has 1 heterocycles. The Kier molecular flexibility index (Phi) is 6.01. The van der Waals surface area contributed by atoms with Gasteiger partial charge in [-0.3, -0.25) is 9.89 Å². The number of amides is 1. The van der Waals surface area contributed by atoms with Crippen LogP contribution in [0.1, 0.15) is 47.5 Å². The van der Waals surface area contributed by atoms with Gasteiger partial charge in [-0.25, -0.2) is 4.79 Å². The van der Waals surface area contributed by atoms with Crippen LogP contribution < -0.4 is 5.32 Å². The molecule has 0 radical (unpaired) electrons. The Morgan fingerprint density at radius 2 is 2.00 bits per heavy atom. The molecule has 6 heteroatoms. The van der Waals surface area contributed by atoms with Gasteiger partial charge in [0.15, 0.2) is 0 Å². The second-order valence-electron chi connectivity index (χ2n) is 6.52. The zero-order valence-corrected chi connectivity index (χ0v) is 13.9. The zero-order valence-electron chi connectivity index (χ0n) is 13.9. The third-order valence-electron chi connectivity index (χ3n) is 3.60. The first-order valence-corrected chi connectivity index (χ1v) is 7.66. The topological polar surface area (TPSA) is 74.2 Å². The van der Waals surface area contributed by atoms with Gasteiger partial charge in [0, 0.05) is 13.1 Å². The smallest absolute Gasteiger partial charge is 0.410 e. The molecule has 0 atom stereocenters. The van der Waals surface area contributed by atoms with Crippen molar-refractivity contribution in [3.8, 4) is 0 Å². The number of amidine groups is 1. The lowest BCUT2D eigenvalue weighted by Gasteiger charge is -2.31. The first-order valence-electron chi connectivity index (χ1n) is 7.66. The van der Waals surface area contributed by atoms with Crippen LogP contribution in [0, 0.1) is 0 Å². The van der Waals surface area contributed by atoms with E-state index in [1.165, 1.54) is 0 Å².